The maximum absolute atomic E-state index is 12.8. The molecule has 1 aromatic rings. The lowest BCUT2D eigenvalue weighted by molar-refractivity contribution is -0.188. The van der Waals surface area contributed by atoms with Crippen molar-refractivity contribution in [3.63, 3.8) is 0 Å². The number of rotatable bonds is 6. The molecular formula is C20H30N2O3. The number of benzene rings is 1. The van der Waals surface area contributed by atoms with Gasteiger partial charge in [-0.05, 0) is 18.9 Å². The SMILES string of the molecule is CCCC(NC(=O)C(C)N1CCC2(CC1)OCCO2)c1ccccc1. The number of piperidine rings is 1. The third-order valence-electron chi connectivity index (χ3n) is 5.40. The van der Waals surface area contributed by atoms with Crippen LogP contribution in [-0.4, -0.2) is 48.9 Å². The van der Waals surface area contributed by atoms with Gasteiger partial charge in [0.2, 0.25) is 5.91 Å². The summed E-state index contributed by atoms with van der Waals surface area (Å²) in [4.78, 5) is 15.0. The number of carbonyl (C=O) groups excluding carboxylic acids is 1. The maximum atomic E-state index is 12.8. The molecule has 0 radical (unpaired) electrons. The van der Waals surface area contributed by atoms with Gasteiger partial charge in [-0.3, -0.25) is 9.69 Å². The average molecular weight is 346 g/mol. The summed E-state index contributed by atoms with van der Waals surface area (Å²) in [7, 11) is 0. The molecule has 1 spiro atoms. The minimum absolute atomic E-state index is 0.0822. The Morgan fingerprint density at radius 3 is 2.44 bits per heavy atom. The maximum Gasteiger partial charge on any atom is 0.237 e. The third-order valence-corrected chi connectivity index (χ3v) is 5.40. The van der Waals surface area contributed by atoms with E-state index in [0.717, 1.165) is 38.8 Å². The average Bonchev–Trinajstić information content (AvgIpc) is 3.10. The number of amides is 1. The Kier molecular flexibility index (Phi) is 6.10. The van der Waals surface area contributed by atoms with Crippen molar-refractivity contribution in [3.05, 3.63) is 35.9 Å². The standard InChI is InChI=1S/C20H30N2O3/c1-3-7-18(17-8-5-4-6-9-17)21-19(23)16(2)22-12-10-20(11-13-22)24-14-15-25-20/h4-6,8-9,16,18H,3,7,10-15H2,1-2H3,(H,21,23). The Bertz CT molecular complexity index is 547. The fourth-order valence-electron chi connectivity index (χ4n) is 3.79. The largest absolute Gasteiger partial charge is 0.348 e. The van der Waals surface area contributed by atoms with Crippen molar-refractivity contribution in [1.82, 2.24) is 10.2 Å². The van der Waals surface area contributed by atoms with Gasteiger partial charge in [-0.2, -0.15) is 0 Å². The second kappa shape index (κ2) is 8.30. The number of nitrogens with one attached hydrogen (secondary N) is 1. The monoisotopic (exact) mass is 346 g/mol. The lowest BCUT2D eigenvalue weighted by atomic mass is 10.0. The van der Waals surface area contributed by atoms with E-state index in [4.69, 9.17) is 9.47 Å². The Morgan fingerprint density at radius 2 is 1.84 bits per heavy atom. The molecule has 2 saturated heterocycles. The fourth-order valence-corrected chi connectivity index (χ4v) is 3.79. The van der Waals surface area contributed by atoms with Gasteiger partial charge < -0.3 is 14.8 Å². The summed E-state index contributed by atoms with van der Waals surface area (Å²) >= 11 is 0. The van der Waals surface area contributed by atoms with E-state index in [1.54, 1.807) is 0 Å². The van der Waals surface area contributed by atoms with Gasteiger partial charge in [0.05, 0.1) is 25.3 Å². The van der Waals surface area contributed by atoms with Gasteiger partial charge in [0.25, 0.3) is 0 Å². The highest BCUT2D eigenvalue weighted by molar-refractivity contribution is 5.81. The van der Waals surface area contributed by atoms with Crippen LogP contribution in [0.25, 0.3) is 0 Å². The second-order valence-corrected chi connectivity index (χ2v) is 7.08. The first-order chi connectivity index (χ1) is 12.1. The van der Waals surface area contributed by atoms with Gasteiger partial charge in [-0.1, -0.05) is 43.7 Å². The van der Waals surface area contributed by atoms with Crippen LogP contribution in [0.15, 0.2) is 30.3 Å². The lowest BCUT2D eigenvalue weighted by Crippen LogP contribution is -2.52. The first-order valence-electron chi connectivity index (χ1n) is 9.51. The molecule has 0 aromatic heterocycles. The molecule has 2 fully saturated rings. The predicted molar refractivity (Wildman–Crippen MR) is 97.1 cm³/mol. The molecule has 2 heterocycles. The van der Waals surface area contributed by atoms with Crippen LogP contribution in [0, 0.1) is 0 Å². The van der Waals surface area contributed by atoms with E-state index >= 15 is 0 Å². The van der Waals surface area contributed by atoms with E-state index in [9.17, 15) is 4.79 Å². The van der Waals surface area contributed by atoms with Crippen molar-refractivity contribution < 1.29 is 14.3 Å². The highest BCUT2D eigenvalue weighted by Gasteiger charge is 2.41. The molecular weight excluding hydrogens is 316 g/mol. The quantitative estimate of drug-likeness (QED) is 0.860. The van der Waals surface area contributed by atoms with Crippen molar-refractivity contribution in [3.8, 4) is 0 Å². The molecule has 2 atom stereocenters. The van der Waals surface area contributed by atoms with Crippen molar-refractivity contribution in [2.24, 2.45) is 0 Å². The first-order valence-corrected chi connectivity index (χ1v) is 9.51. The highest BCUT2D eigenvalue weighted by Crippen LogP contribution is 2.32. The van der Waals surface area contributed by atoms with E-state index in [0.29, 0.717) is 13.2 Å². The molecule has 2 aliphatic rings. The van der Waals surface area contributed by atoms with E-state index in [1.807, 2.05) is 25.1 Å². The van der Waals surface area contributed by atoms with Crippen LogP contribution in [0.3, 0.4) is 0 Å². The van der Waals surface area contributed by atoms with Crippen LogP contribution in [0.5, 0.6) is 0 Å². The summed E-state index contributed by atoms with van der Waals surface area (Å²) in [6, 6.07) is 10.2. The van der Waals surface area contributed by atoms with Crippen LogP contribution in [0.4, 0.5) is 0 Å². The van der Waals surface area contributed by atoms with Crippen LogP contribution in [0.2, 0.25) is 0 Å². The number of nitrogens with zero attached hydrogens (tertiary/aromatic N) is 1. The van der Waals surface area contributed by atoms with Crippen LogP contribution in [-0.2, 0) is 14.3 Å². The number of hydrogen-bond acceptors (Lipinski definition) is 4. The molecule has 3 rings (SSSR count). The van der Waals surface area contributed by atoms with Gasteiger partial charge in [0.15, 0.2) is 5.79 Å². The fraction of sp³-hybridized carbons (Fsp3) is 0.650. The number of ether oxygens (including phenoxy) is 2. The second-order valence-electron chi connectivity index (χ2n) is 7.08. The van der Waals surface area contributed by atoms with Crippen LogP contribution < -0.4 is 5.32 Å². The Balaban J connectivity index is 1.56. The molecule has 138 valence electrons. The minimum atomic E-state index is -0.387. The Morgan fingerprint density at radius 1 is 1.20 bits per heavy atom. The molecule has 0 saturated carbocycles. The molecule has 1 aromatic carbocycles. The van der Waals surface area contributed by atoms with Crippen molar-refractivity contribution in [1.29, 1.82) is 0 Å². The van der Waals surface area contributed by atoms with Gasteiger partial charge in [-0.25, -0.2) is 0 Å². The molecule has 5 nitrogen and oxygen atoms in total. The molecule has 25 heavy (non-hydrogen) atoms. The van der Waals surface area contributed by atoms with Gasteiger partial charge in [0.1, 0.15) is 0 Å². The minimum Gasteiger partial charge on any atom is -0.348 e. The summed E-state index contributed by atoms with van der Waals surface area (Å²) in [6.07, 6.45) is 3.66. The Labute approximate surface area is 150 Å². The van der Waals surface area contributed by atoms with E-state index in [-0.39, 0.29) is 23.8 Å². The zero-order valence-corrected chi connectivity index (χ0v) is 15.4. The zero-order valence-electron chi connectivity index (χ0n) is 15.4. The van der Waals surface area contributed by atoms with Crippen LogP contribution in [0.1, 0.15) is 51.1 Å². The first kappa shape index (κ1) is 18.4. The van der Waals surface area contributed by atoms with E-state index < -0.39 is 0 Å². The van der Waals surface area contributed by atoms with Crippen molar-refractivity contribution >= 4 is 5.91 Å². The summed E-state index contributed by atoms with van der Waals surface area (Å²) in [5.41, 5.74) is 1.18. The molecule has 2 unspecified atom stereocenters. The smallest absolute Gasteiger partial charge is 0.237 e. The number of carbonyl (C=O) groups is 1. The van der Waals surface area contributed by atoms with E-state index in [2.05, 4.69) is 29.3 Å². The molecule has 1 N–H and O–H groups in total. The van der Waals surface area contributed by atoms with Crippen molar-refractivity contribution in [2.45, 2.75) is 57.4 Å². The van der Waals surface area contributed by atoms with Gasteiger partial charge in [0, 0.05) is 25.9 Å². The highest BCUT2D eigenvalue weighted by atomic mass is 16.7. The number of likely N-dealkylation sites (tertiary alicyclic amines) is 1. The van der Waals surface area contributed by atoms with Crippen LogP contribution >= 0.6 is 0 Å². The Hall–Kier alpha value is -1.43. The van der Waals surface area contributed by atoms with Gasteiger partial charge >= 0.3 is 0 Å². The van der Waals surface area contributed by atoms with E-state index in [1.165, 1.54) is 5.56 Å². The third kappa shape index (κ3) is 4.40. The summed E-state index contributed by atoms with van der Waals surface area (Å²) in [5.74, 6) is -0.284. The molecule has 2 aliphatic heterocycles. The molecule has 1 amide bonds. The summed E-state index contributed by atoms with van der Waals surface area (Å²) in [6.45, 7) is 7.18. The number of hydrogen-bond donors (Lipinski definition) is 1. The molecule has 0 bridgehead atoms. The van der Waals surface area contributed by atoms with Gasteiger partial charge in [-0.15, -0.1) is 0 Å². The zero-order chi connectivity index (χ0) is 17.7. The molecule has 0 aliphatic carbocycles. The molecule has 5 heteroatoms. The normalized spacial score (nSPS) is 22.6. The summed E-state index contributed by atoms with van der Waals surface area (Å²) < 4.78 is 11.5. The summed E-state index contributed by atoms with van der Waals surface area (Å²) in [5, 5.41) is 3.25. The van der Waals surface area contributed by atoms with Crippen molar-refractivity contribution in [2.75, 3.05) is 26.3 Å². The predicted octanol–water partition coefficient (Wildman–Crippen LogP) is 2.87. The lowest BCUT2D eigenvalue weighted by Gasteiger charge is -2.40. The topological polar surface area (TPSA) is 50.8 Å².